The lowest BCUT2D eigenvalue weighted by atomic mass is 10.2. The molecule has 1 aromatic heterocycles. The quantitative estimate of drug-likeness (QED) is 0.912. The number of aryl methyl sites for hydroxylation is 1. The van der Waals surface area contributed by atoms with Crippen LogP contribution in [-0.2, 0) is 6.54 Å². The van der Waals surface area contributed by atoms with E-state index < -0.39 is 0 Å². The van der Waals surface area contributed by atoms with Crippen molar-refractivity contribution in [3.63, 3.8) is 0 Å². The van der Waals surface area contributed by atoms with Crippen molar-refractivity contribution >= 4 is 29.7 Å². The topological polar surface area (TPSA) is 43.8 Å². The van der Waals surface area contributed by atoms with Gasteiger partial charge in [0.2, 0.25) is 0 Å². The molecule has 0 amide bonds. The molecule has 0 aliphatic rings. The van der Waals surface area contributed by atoms with Crippen molar-refractivity contribution in [1.82, 2.24) is 9.78 Å². The smallest absolute Gasteiger partial charge is 0.0826 e. The molecule has 0 spiro atoms. The summed E-state index contributed by atoms with van der Waals surface area (Å²) in [4.78, 5) is 0. The third-order valence-corrected chi connectivity index (χ3v) is 2.94. The summed E-state index contributed by atoms with van der Waals surface area (Å²) in [6.07, 6.45) is 0. The molecule has 2 rings (SSSR count). The number of aromatic nitrogens is 2. The van der Waals surface area contributed by atoms with E-state index >= 15 is 0 Å². The van der Waals surface area contributed by atoms with E-state index in [9.17, 15) is 0 Å². The van der Waals surface area contributed by atoms with Gasteiger partial charge in [-0.2, -0.15) is 5.10 Å². The molecule has 0 radical (unpaired) electrons. The van der Waals surface area contributed by atoms with Crippen molar-refractivity contribution in [3.8, 4) is 0 Å². The SMILES string of the molecule is Cc1nn(Cc2ccc(Cl)cc2)c(C)c1N.Cl. The molecule has 2 N–H and O–H groups in total. The van der Waals surface area contributed by atoms with Crippen LogP contribution in [0.3, 0.4) is 0 Å². The minimum absolute atomic E-state index is 0. The summed E-state index contributed by atoms with van der Waals surface area (Å²) in [5.74, 6) is 0. The minimum atomic E-state index is 0. The Labute approximate surface area is 112 Å². The van der Waals surface area contributed by atoms with Gasteiger partial charge in [0.15, 0.2) is 0 Å². The van der Waals surface area contributed by atoms with E-state index in [0.717, 1.165) is 34.2 Å². The third kappa shape index (κ3) is 2.93. The first kappa shape index (κ1) is 13.9. The molecule has 0 saturated heterocycles. The highest BCUT2D eigenvalue weighted by molar-refractivity contribution is 6.30. The minimum Gasteiger partial charge on any atom is -0.396 e. The van der Waals surface area contributed by atoms with Gasteiger partial charge in [-0.1, -0.05) is 23.7 Å². The van der Waals surface area contributed by atoms with Gasteiger partial charge in [0.05, 0.1) is 23.6 Å². The normalized spacial score (nSPS) is 10.1. The molecule has 0 aliphatic carbocycles. The van der Waals surface area contributed by atoms with Gasteiger partial charge in [-0.3, -0.25) is 4.68 Å². The maximum atomic E-state index is 5.88. The van der Waals surface area contributed by atoms with E-state index in [-0.39, 0.29) is 12.4 Å². The van der Waals surface area contributed by atoms with Crippen LogP contribution in [0.1, 0.15) is 17.0 Å². The summed E-state index contributed by atoms with van der Waals surface area (Å²) in [6, 6.07) is 7.75. The number of halogens is 2. The van der Waals surface area contributed by atoms with Gasteiger partial charge in [0, 0.05) is 5.02 Å². The number of rotatable bonds is 2. The Morgan fingerprint density at radius 1 is 1.24 bits per heavy atom. The summed E-state index contributed by atoms with van der Waals surface area (Å²) in [6.45, 7) is 4.62. The number of anilines is 1. The second-order valence-corrected chi connectivity index (χ2v) is 4.31. The fourth-order valence-corrected chi connectivity index (χ4v) is 1.75. The van der Waals surface area contributed by atoms with E-state index in [2.05, 4.69) is 5.10 Å². The van der Waals surface area contributed by atoms with Crippen LogP contribution in [0, 0.1) is 13.8 Å². The molecule has 0 unspecified atom stereocenters. The van der Waals surface area contributed by atoms with Gasteiger partial charge < -0.3 is 5.73 Å². The Bertz CT molecular complexity index is 503. The number of nitrogens with two attached hydrogens (primary N) is 1. The van der Waals surface area contributed by atoms with Gasteiger partial charge in [-0.05, 0) is 31.5 Å². The van der Waals surface area contributed by atoms with E-state index in [1.165, 1.54) is 0 Å². The summed E-state index contributed by atoms with van der Waals surface area (Å²) in [5.41, 5.74) is 9.70. The first-order valence-electron chi connectivity index (χ1n) is 5.12. The molecule has 0 aliphatic heterocycles. The van der Waals surface area contributed by atoms with Crippen LogP contribution in [0.25, 0.3) is 0 Å². The fourth-order valence-electron chi connectivity index (χ4n) is 1.63. The number of benzene rings is 1. The van der Waals surface area contributed by atoms with Crippen LogP contribution in [-0.4, -0.2) is 9.78 Å². The number of nitrogen functional groups attached to an aromatic ring is 1. The summed E-state index contributed by atoms with van der Waals surface area (Å²) >= 11 is 5.83. The van der Waals surface area contributed by atoms with Crippen molar-refractivity contribution < 1.29 is 0 Å². The van der Waals surface area contributed by atoms with Crippen LogP contribution in [0.2, 0.25) is 5.02 Å². The molecular weight excluding hydrogens is 257 g/mol. The van der Waals surface area contributed by atoms with Crippen molar-refractivity contribution in [2.24, 2.45) is 0 Å². The maximum absolute atomic E-state index is 5.88. The van der Waals surface area contributed by atoms with E-state index in [1.807, 2.05) is 42.8 Å². The molecule has 1 aromatic carbocycles. The zero-order valence-electron chi connectivity index (χ0n) is 9.77. The van der Waals surface area contributed by atoms with Crippen molar-refractivity contribution in [2.45, 2.75) is 20.4 Å². The molecule has 0 saturated carbocycles. The van der Waals surface area contributed by atoms with Gasteiger partial charge in [-0.25, -0.2) is 0 Å². The lowest BCUT2D eigenvalue weighted by Gasteiger charge is -2.04. The predicted octanol–water partition coefficient (Wildman–Crippen LogP) is 3.21. The summed E-state index contributed by atoms with van der Waals surface area (Å²) in [7, 11) is 0. The second kappa shape index (κ2) is 5.43. The molecule has 17 heavy (non-hydrogen) atoms. The summed E-state index contributed by atoms with van der Waals surface area (Å²) in [5, 5.41) is 5.13. The predicted molar refractivity (Wildman–Crippen MR) is 73.9 cm³/mol. The molecular formula is C12H15Cl2N3. The van der Waals surface area contributed by atoms with Crippen LogP contribution < -0.4 is 5.73 Å². The summed E-state index contributed by atoms with van der Waals surface area (Å²) < 4.78 is 1.91. The first-order chi connectivity index (χ1) is 7.58. The van der Waals surface area contributed by atoms with Crippen LogP contribution in [0.4, 0.5) is 5.69 Å². The third-order valence-electron chi connectivity index (χ3n) is 2.68. The first-order valence-corrected chi connectivity index (χ1v) is 5.49. The number of hydrogen-bond acceptors (Lipinski definition) is 2. The van der Waals surface area contributed by atoms with Gasteiger partial charge in [0.1, 0.15) is 0 Å². The largest absolute Gasteiger partial charge is 0.396 e. The molecule has 92 valence electrons. The Hall–Kier alpha value is -1.19. The van der Waals surface area contributed by atoms with Crippen molar-refractivity contribution in [2.75, 3.05) is 5.73 Å². The van der Waals surface area contributed by atoms with Crippen molar-refractivity contribution in [3.05, 3.63) is 46.2 Å². The highest BCUT2D eigenvalue weighted by Gasteiger charge is 2.07. The average Bonchev–Trinajstić information content (AvgIpc) is 2.50. The van der Waals surface area contributed by atoms with Gasteiger partial charge in [-0.15, -0.1) is 12.4 Å². The standard InChI is InChI=1S/C12H14ClN3.ClH/c1-8-12(14)9(2)16(15-8)7-10-3-5-11(13)6-4-10;/h3-6H,7,14H2,1-2H3;1H. The van der Waals surface area contributed by atoms with Crippen LogP contribution in [0.5, 0.6) is 0 Å². The molecule has 0 fully saturated rings. The molecule has 2 aromatic rings. The van der Waals surface area contributed by atoms with Crippen LogP contribution in [0.15, 0.2) is 24.3 Å². The Balaban J connectivity index is 0.00000144. The zero-order valence-corrected chi connectivity index (χ0v) is 11.3. The van der Waals surface area contributed by atoms with E-state index in [4.69, 9.17) is 17.3 Å². The zero-order chi connectivity index (χ0) is 11.7. The van der Waals surface area contributed by atoms with E-state index in [1.54, 1.807) is 0 Å². The second-order valence-electron chi connectivity index (χ2n) is 3.87. The Kier molecular flexibility index (Phi) is 4.43. The Morgan fingerprint density at radius 2 is 1.82 bits per heavy atom. The molecule has 5 heteroatoms. The van der Waals surface area contributed by atoms with Crippen LogP contribution >= 0.6 is 24.0 Å². The average molecular weight is 272 g/mol. The molecule has 3 nitrogen and oxygen atoms in total. The molecule has 1 heterocycles. The van der Waals surface area contributed by atoms with Gasteiger partial charge >= 0.3 is 0 Å². The van der Waals surface area contributed by atoms with Gasteiger partial charge in [0.25, 0.3) is 0 Å². The maximum Gasteiger partial charge on any atom is 0.0826 e. The fraction of sp³-hybridized carbons (Fsp3) is 0.250. The number of nitrogens with zero attached hydrogens (tertiary/aromatic N) is 2. The Morgan fingerprint density at radius 3 is 2.29 bits per heavy atom. The lowest BCUT2D eigenvalue weighted by Crippen LogP contribution is -2.04. The molecule has 0 bridgehead atoms. The lowest BCUT2D eigenvalue weighted by molar-refractivity contribution is 0.659. The molecule has 0 atom stereocenters. The van der Waals surface area contributed by atoms with Crippen molar-refractivity contribution in [1.29, 1.82) is 0 Å². The monoisotopic (exact) mass is 271 g/mol. The highest BCUT2D eigenvalue weighted by atomic mass is 35.5. The number of hydrogen-bond donors (Lipinski definition) is 1. The van der Waals surface area contributed by atoms with E-state index in [0.29, 0.717) is 0 Å². The highest BCUT2D eigenvalue weighted by Crippen LogP contribution is 2.17.